The van der Waals surface area contributed by atoms with Crippen LogP contribution in [0.3, 0.4) is 0 Å². The smallest absolute Gasteiger partial charge is 0.251 e. The van der Waals surface area contributed by atoms with Gasteiger partial charge in [-0.25, -0.2) is 4.99 Å². The van der Waals surface area contributed by atoms with Crippen molar-refractivity contribution < 1.29 is 4.79 Å². The lowest BCUT2D eigenvalue weighted by molar-refractivity contribution is 0.0954. The van der Waals surface area contributed by atoms with Crippen molar-refractivity contribution in [2.45, 2.75) is 13.5 Å². The van der Waals surface area contributed by atoms with Gasteiger partial charge in [-0.1, -0.05) is 52.3 Å². The van der Waals surface area contributed by atoms with Gasteiger partial charge in [0.2, 0.25) is 0 Å². The third-order valence-electron chi connectivity index (χ3n) is 3.40. The quantitative estimate of drug-likeness (QED) is 0.379. The average molecular weight is 403 g/mol. The average Bonchev–Trinajstić information content (AvgIpc) is 2.63. The first-order valence-electron chi connectivity index (χ1n) is 8.29. The van der Waals surface area contributed by atoms with Crippen LogP contribution in [-0.2, 0) is 6.54 Å². The molecule has 25 heavy (non-hydrogen) atoms. The molecule has 0 atom stereocenters. The van der Waals surface area contributed by atoms with Crippen LogP contribution in [-0.4, -0.2) is 31.5 Å². The van der Waals surface area contributed by atoms with Crippen LogP contribution in [0.15, 0.2) is 64.1 Å². The molecule has 0 saturated carbocycles. The summed E-state index contributed by atoms with van der Waals surface area (Å²) in [5.41, 5.74) is 1.79. The highest BCUT2D eigenvalue weighted by Gasteiger charge is 2.05. The fraction of sp³-hybridized carbons (Fsp3) is 0.263. The van der Waals surface area contributed by atoms with E-state index in [1.54, 1.807) is 12.1 Å². The van der Waals surface area contributed by atoms with Gasteiger partial charge in [0, 0.05) is 29.7 Å². The Morgan fingerprint density at radius 2 is 1.76 bits per heavy atom. The highest BCUT2D eigenvalue weighted by molar-refractivity contribution is 9.10. The van der Waals surface area contributed by atoms with E-state index in [1.165, 1.54) is 0 Å². The second-order valence-corrected chi connectivity index (χ2v) is 6.29. The lowest BCUT2D eigenvalue weighted by Crippen LogP contribution is -2.41. The van der Waals surface area contributed by atoms with E-state index in [1.807, 2.05) is 49.4 Å². The van der Waals surface area contributed by atoms with Gasteiger partial charge in [0.15, 0.2) is 5.96 Å². The van der Waals surface area contributed by atoms with E-state index in [0.29, 0.717) is 25.2 Å². The molecule has 132 valence electrons. The Labute approximate surface area is 157 Å². The molecule has 0 aromatic heterocycles. The molecule has 0 aliphatic carbocycles. The molecule has 3 N–H and O–H groups in total. The van der Waals surface area contributed by atoms with Crippen molar-refractivity contribution in [2.75, 3.05) is 19.6 Å². The Kier molecular flexibility index (Phi) is 7.98. The van der Waals surface area contributed by atoms with Crippen LogP contribution in [0.4, 0.5) is 0 Å². The molecule has 0 radical (unpaired) electrons. The second-order valence-electron chi connectivity index (χ2n) is 5.37. The molecule has 2 aromatic rings. The van der Waals surface area contributed by atoms with Gasteiger partial charge in [0.1, 0.15) is 0 Å². The van der Waals surface area contributed by atoms with E-state index in [2.05, 4.69) is 36.9 Å². The molecular weight excluding hydrogens is 380 g/mol. The number of hydrogen-bond acceptors (Lipinski definition) is 2. The molecule has 2 aromatic carbocycles. The number of carbonyl (C=O) groups is 1. The van der Waals surface area contributed by atoms with Gasteiger partial charge in [-0.2, -0.15) is 0 Å². The first-order valence-corrected chi connectivity index (χ1v) is 9.08. The van der Waals surface area contributed by atoms with Crippen LogP contribution >= 0.6 is 15.9 Å². The van der Waals surface area contributed by atoms with Crippen LogP contribution in [0, 0.1) is 0 Å². The number of halogens is 1. The SMILES string of the molecule is CCNC(=NCc1ccccc1)NCCNC(=O)c1cccc(Br)c1. The van der Waals surface area contributed by atoms with Crippen LogP contribution in [0.2, 0.25) is 0 Å². The van der Waals surface area contributed by atoms with Gasteiger partial charge in [0.25, 0.3) is 5.91 Å². The van der Waals surface area contributed by atoms with Crippen LogP contribution < -0.4 is 16.0 Å². The van der Waals surface area contributed by atoms with Crippen molar-refractivity contribution in [1.82, 2.24) is 16.0 Å². The van der Waals surface area contributed by atoms with Gasteiger partial charge < -0.3 is 16.0 Å². The number of nitrogens with one attached hydrogen (secondary N) is 3. The van der Waals surface area contributed by atoms with E-state index in [-0.39, 0.29) is 5.91 Å². The molecule has 0 bridgehead atoms. The number of guanidine groups is 1. The van der Waals surface area contributed by atoms with Gasteiger partial charge in [-0.05, 0) is 30.7 Å². The van der Waals surface area contributed by atoms with E-state index < -0.39 is 0 Å². The van der Waals surface area contributed by atoms with E-state index in [9.17, 15) is 4.79 Å². The summed E-state index contributed by atoms with van der Waals surface area (Å²) in [6, 6.07) is 17.4. The minimum atomic E-state index is -0.0886. The second kappa shape index (κ2) is 10.5. The Bertz CT molecular complexity index is 704. The molecule has 0 saturated heterocycles. The Morgan fingerprint density at radius 1 is 1.00 bits per heavy atom. The Hall–Kier alpha value is -2.34. The number of benzene rings is 2. The molecule has 0 aliphatic heterocycles. The van der Waals surface area contributed by atoms with E-state index >= 15 is 0 Å². The molecule has 0 fully saturated rings. The highest BCUT2D eigenvalue weighted by Crippen LogP contribution is 2.11. The summed E-state index contributed by atoms with van der Waals surface area (Å²) in [5.74, 6) is 0.650. The number of carbonyl (C=O) groups excluding carboxylic acids is 1. The molecule has 1 amide bonds. The minimum absolute atomic E-state index is 0.0886. The summed E-state index contributed by atoms with van der Waals surface area (Å²) in [7, 11) is 0. The maximum Gasteiger partial charge on any atom is 0.251 e. The maximum atomic E-state index is 12.1. The summed E-state index contributed by atoms with van der Waals surface area (Å²) in [6.07, 6.45) is 0. The predicted molar refractivity (Wildman–Crippen MR) is 106 cm³/mol. The molecule has 2 rings (SSSR count). The van der Waals surface area contributed by atoms with Gasteiger partial charge in [-0.3, -0.25) is 4.79 Å². The normalized spacial score (nSPS) is 11.0. The molecular formula is C19H23BrN4O. The minimum Gasteiger partial charge on any atom is -0.357 e. The third-order valence-corrected chi connectivity index (χ3v) is 3.89. The van der Waals surface area contributed by atoms with Crippen molar-refractivity contribution in [3.05, 3.63) is 70.2 Å². The standard InChI is InChI=1S/C19H23BrN4O/c1-2-21-19(24-14-15-7-4-3-5-8-15)23-12-11-22-18(25)16-9-6-10-17(20)13-16/h3-10,13H,2,11-12,14H2,1H3,(H,22,25)(H2,21,23,24). The molecule has 0 aliphatic rings. The first kappa shape index (κ1) is 19.0. The van der Waals surface area contributed by atoms with Crippen LogP contribution in [0.5, 0.6) is 0 Å². The van der Waals surface area contributed by atoms with Crippen molar-refractivity contribution in [1.29, 1.82) is 0 Å². The zero-order valence-corrected chi connectivity index (χ0v) is 15.8. The van der Waals surface area contributed by atoms with Gasteiger partial charge in [0.05, 0.1) is 6.54 Å². The highest BCUT2D eigenvalue weighted by atomic mass is 79.9. The topological polar surface area (TPSA) is 65.5 Å². The number of amides is 1. The monoisotopic (exact) mass is 402 g/mol. The molecule has 5 nitrogen and oxygen atoms in total. The molecule has 6 heteroatoms. The zero-order chi connectivity index (χ0) is 17.9. The Balaban J connectivity index is 1.78. The number of rotatable bonds is 7. The van der Waals surface area contributed by atoms with E-state index in [0.717, 1.165) is 22.5 Å². The third kappa shape index (κ3) is 6.97. The summed E-state index contributed by atoms with van der Waals surface area (Å²) in [4.78, 5) is 16.6. The lowest BCUT2D eigenvalue weighted by Gasteiger charge is -2.12. The molecule has 0 spiro atoms. The zero-order valence-electron chi connectivity index (χ0n) is 14.3. The number of aliphatic imine (C=N–C) groups is 1. The first-order chi connectivity index (χ1) is 12.2. The Morgan fingerprint density at radius 3 is 2.48 bits per heavy atom. The fourth-order valence-corrected chi connectivity index (χ4v) is 2.58. The largest absolute Gasteiger partial charge is 0.357 e. The molecule has 0 unspecified atom stereocenters. The van der Waals surface area contributed by atoms with Crippen molar-refractivity contribution in [3.8, 4) is 0 Å². The summed E-state index contributed by atoms with van der Waals surface area (Å²) < 4.78 is 0.890. The van der Waals surface area contributed by atoms with Crippen LogP contribution in [0.25, 0.3) is 0 Å². The van der Waals surface area contributed by atoms with Crippen LogP contribution in [0.1, 0.15) is 22.8 Å². The summed E-state index contributed by atoms with van der Waals surface area (Å²) in [6.45, 7) is 4.53. The van der Waals surface area contributed by atoms with E-state index in [4.69, 9.17) is 0 Å². The summed E-state index contributed by atoms with van der Waals surface area (Å²) in [5, 5.41) is 9.32. The fourth-order valence-electron chi connectivity index (χ4n) is 2.18. The van der Waals surface area contributed by atoms with Crippen molar-refractivity contribution >= 4 is 27.8 Å². The van der Waals surface area contributed by atoms with Crippen molar-refractivity contribution in [3.63, 3.8) is 0 Å². The molecule has 0 heterocycles. The maximum absolute atomic E-state index is 12.1. The summed E-state index contributed by atoms with van der Waals surface area (Å²) >= 11 is 3.37. The van der Waals surface area contributed by atoms with Crippen molar-refractivity contribution in [2.24, 2.45) is 4.99 Å². The lowest BCUT2D eigenvalue weighted by atomic mass is 10.2. The predicted octanol–water partition coefficient (Wildman–Crippen LogP) is 2.93. The van der Waals surface area contributed by atoms with Gasteiger partial charge in [-0.15, -0.1) is 0 Å². The number of hydrogen-bond donors (Lipinski definition) is 3. The van der Waals surface area contributed by atoms with Gasteiger partial charge >= 0.3 is 0 Å². The number of nitrogens with zero attached hydrogens (tertiary/aromatic N) is 1.